The van der Waals surface area contributed by atoms with Crippen LogP contribution < -0.4 is 11.1 Å². The molecule has 1 saturated carbocycles. The number of nitrogens with zero attached hydrogens (tertiary/aromatic N) is 2. The van der Waals surface area contributed by atoms with Crippen LogP contribution in [0.15, 0.2) is 0 Å². The van der Waals surface area contributed by atoms with Gasteiger partial charge in [0.2, 0.25) is 11.8 Å². The maximum Gasteiger partial charge on any atom is 0.237 e. The molecule has 1 atom stereocenters. The number of rotatable bonds is 5. The van der Waals surface area contributed by atoms with E-state index in [1.807, 2.05) is 11.8 Å². The summed E-state index contributed by atoms with van der Waals surface area (Å²) >= 11 is 0. The SMILES string of the molecule is CC(C(=O)NC1CC1)N1CCN(C(=O)CCN)CC1. The molecule has 0 aromatic carbocycles. The zero-order valence-electron chi connectivity index (χ0n) is 11.6. The summed E-state index contributed by atoms with van der Waals surface area (Å²) in [7, 11) is 0. The number of amides is 2. The normalized spacial score (nSPS) is 22.1. The molecule has 0 spiro atoms. The van der Waals surface area contributed by atoms with Crippen LogP contribution in [0, 0.1) is 0 Å². The Bertz CT molecular complexity index is 336. The van der Waals surface area contributed by atoms with E-state index in [9.17, 15) is 9.59 Å². The number of piperazine rings is 1. The van der Waals surface area contributed by atoms with Crippen LogP contribution in [0.5, 0.6) is 0 Å². The lowest BCUT2D eigenvalue weighted by Gasteiger charge is -2.37. The van der Waals surface area contributed by atoms with Gasteiger partial charge in [-0.05, 0) is 19.8 Å². The molecule has 0 aromatic heterocycles. The van der Waals surface area contributed by atoms with Crippen molar-refractivity contribution in [3.63, 3.8) is 0 Å². The van der Waals surface area contributed by atoms with Gasteiger partial charge in [-0.3, -0.25) is 14.5 Å². The average Bonchev–Trinajstić information content (AvgIpc) is 3.22. The average molecular weight is 268 g/mol. The van der Waals surface area contributed by atoms with Gasteiger partial charge in [0.05, 0.1) is 6.04 Å². The van der Waals surface area contributed by atoms with Gasteiger partial charge in [0.25, 0.3) is 0 Å². The molecule has 1 heterocycles. The van der Waals surface area contributed by atoms with Crippen molar-refractivity contribution >= 4 is 11.8 Å². The van der Waals surface area contributed by atoms with E-state index >= 15 is 0 Å². The van der Waals surface area contributed by atoms with Crippen LogP contribution in [-0.2, 0) is 9.59 Å². The van der Waals surface area contributed by atoms with Crippen molar-refractivity contribution in [1.82, 2.24) is 15.1 Å². The van der Waals surface area contributed by atoms with E-state index in [0.29, 0.717) is 32.1 Å². The Morgan fingerprint density at radius 3 is 2.42 bits per heavy atom. The van der Waals surface area contributed by atoms with Crippen molar-refractivity contribution < 1.29 is 9.59 Å². The summed E-state index contributed by atoms with van der Waals surface area (Å²) in [4.78, 5) is 27.7. The van der Waals surface area contributed by atoms with Gasteiger partial charge < -0.3 is 16.0 Å². The molecule has 1 unspecified atom stereocenters. The first-order chi connectivity index (χ1) is 9.11. The first-order valence-corrected chi connectivity index (χ1v) is 7.14. The minimum atomic E-state index is -0.104. The highest BCUT2D eigenvalue weighted by molar-refractivity contribution is 5.82. The fourth-order valence-electron chi connectivity index (χ4n) is 2.36. The van der Waals surface area contributed by atoms with Crippen molar-refractivity contribution in [1.29, 1.82) is 0 Å². The molecule has 2 aliphatic rings. The van der Waals surface area contributed by atoms with Gasteiger partial charge >= 0.3 is 0 Å². The Morgan fingerprint density at radius 2 is 1.89 bits per heavy atom. The van der Waals surface area contributed by atoms with Crippen molar-refractivity contribution in [3.05, 3.63) is 0 Å². The van der Waals surface area contributed by atoms with Crippen LogP contribution in [0.3, 0.4) is 0 Å². The summed E-state index contributed by atoms with van der Waals surface area (Å²) in [6.45, 7) is 5.25. The Labute approximate surface area is 114 Å². The Hall–Kier alpha value is -1.14. The van der Waals surface area contributed by atoms with Gasteiger partial charge in [0.15, 0.2) is 0 Å². The number of carbonyl (C=O) groups excluding carboxylic acids is 2. The smallest absolute Gasteiger partial charge is 0.237 e. The predicted octanol–water partition coefficient (Wildman–Crippen LogP) is -0.853. The van der Waals surface area contributed by atoms with Gasteiger partial charge in [-0.15, -0.1) is 0 Å². The summed E-state index contributed by atoms with van der Waals surface area (Å²) in [5, 5.41) is 3.03. The molecule has 0 aromatic rings. The second kappa shape index (κ2) is 6.34. The lowest BCUT2D eigenvalue weighted by molar-refractivity contribution is -0.134. The molecule has 2 rings (SSSR count). The Morgan fingerprint density at radius 1 is 1.26 bits per heavy atom. The maximum atomic E-state index is 12.0. The molecule has 0 bridgehead atoms. The Kier molecular flexibility index (Phi) is 4.76. The van der Waals surface area contributed by atoms with Crippen LogP contribution >= 0.6 is 0 Å². The molecule has 1 aliphatic carbocycles. The first kappa shape index (κ1) is 14.3. The van der Waals surface area contributed by atoms with Gasteiger partial charge in [-0.25, -0.2) is 0 Å². The number of nitrogens with two attached hydrogens (primary N) is 1. The lowest BCUT2D eigenvalue weighted by atomic mass is 10.2. The molecule has 108 valence electrons. The molecule has 0 radical (unpaired) electrons. The maximum absolute atomic E-state index is 12.0. The molecular weight excluding hydrogens is 244 g/mol. The highest BCUT2D eigenvalue weighted by Gasteiger charge is 2.30. The second-order valence-corrected chi connectivity index (χ2v) is 5.41. The van der Waals surface area contributed by atoms with Crippen LogP contribution in [0.1, 0.15) is 26.2 Å². The van der Waals surface area contributed by atoms with Gasteiger partial charge in [0.1, 0.15) is 0 Å². The summed E-state index contributed by atoms with van der Waals surface area (Å²) in [6, 6.07) is 0.301. The minimum absolute atomic E-state index is 0.104. The monoisotopic (exact) mass is 268 g/mol. The second-order valence-electron chi connectivity index (χ2n) is 5.41. The lowest BCUT2D eigenvalue weighted by Crippen LogP contribution is -2.55. The van der Waals surface area contributed by atoms with E-state index in [4.69, 9.17) is 5.73 Å². The standard InChI is InChI=1S/C13H24N4O2/c1-10(13(19)15-11-2-3-11)16-6-8-17(9-7-16)12(18)4-5-14/h10-11H,2-9,14H2,1H3,(H,15,19). The van der Waals surface area contributed by atoms with E-state index in [2.05, 4.69) is 10.2 Å². The highest BCUT2D eigenvalue weighted by Crippen LogP contribution is 2.19. The molecular formula is C13H24N4O2. The van der Waals surface area contributed by atoms with Crippen LogP contribution in [0.4, 0.5) is 0 Å². The van der Waals surface area contributed by atoms with E-state index in [1.54, 1.807) is 0 Å². The number of nitrogens with one attached hydrogen (secondary N) is 1. The van der Waals surface area contributed by atoms with Crippen LogP contribution in [-0.4, -0.2) is 66.4 Å². The van der Waals surface area contributed by atoms with Crippen molar-refractivity contribution in [2.24, 2.45) is 5.73 Å². The predicted molar refractivity (Wildman–Crippen MR) is 72.5 cm³/mol. The molecule has 2 fully saturated rings. The third-order valence-corrected chi connectivity index (χ3v) is 3.88. The topological polar surface area (TPSA) is 78.7 Å². The fraction of sp³-hybridized carbons (Fsp3) is 0.846. The summed E-state index contributed by atoms with van der Waals surface area (Å²) in [5.74, 6) is 0.237. The zero-order valence-corrected chi connectivity index (χ0v) is 11.6. The third kappa shape index (κ3) is 3.91. The summed E-state index contributed by atoms with van der Waals surface area (Å²) in [5.41, 5.74) is 5.39. The minimum Gasteiger partial charge on any atom is -0.352 e. The van der Waals surface area contributed by atoms with Crippen LogP contribution in [0.25, 0.3) is 0 Å². The van der Waals surface area contributed by atoms with Gasteiger partial charge in [-0.1, -0.05) is 0 Å². The molecule has 6 nitrogen and oxygen atoms in total. The van der Waals surface area contributed by atoms with E-state index in [0.717, 1.165) is 25.9 Å². The molecule has 3 N–H and O–H groups in total. The molecule has 2 amide bonds. The molecule has 6 heteroatoms. The Balaban J connectivity index is 1.75. The first-order valence-electron chi connectivity index (χ1n) is 7.14. The summed E-state index contributed by atoms with van der Waals surface area (Å²) in [6.07, 6.45) is 2.64. The van der Waals surface area contributed by atoms with Crippen molar-refractivity contribution in [3.8, 4) is 0 Å². The largest absolute Gasteiger partial charge is 0.352 e. The zero-order chi connectivity index (χ0) is 13.8. The van der Waals surface area contributed by atoms with E-state index in [-0.39, 0.29) is 17.9 Å². The number of hydrogen-bond donors (Lipinski definition) is 2. The van der Waals surface area contributed by atoms with Gasteiger partial charge in [-0.2, -0.15) is 0 Å². The van der Waals surface area contributed by atoms with Crippen molar-refractivity contribution in [2.45, 2.75) is 38.3 Å². The van der Waals surface area contributed by atoms with E-state index in [1.165, 1.54) is 0 Å². The molecule has 1 aliphatic heterocycles. The number of carbonyl (C=O) groups is 2. The van der Waals surface area contributed by atoms with Gasteiger partial charge in [0, 0.05) is 45.2 Å². The van der Waals surface area contributed by atoms with Crippen molar-refractivity contribution in [2.75, 3.05) is 32.7 Å². The van der Waals surface area contributed by atoms with E-state index < -0.39 is 0 Å². The molecule has 19 heavy (non-hydrogen) atoms. The number of hydrogen-bond acceptors (Lipinski definition) is 4. The van der Waals surface area contributed by atoms with Crippen LogP contribution in [0.2, 0.25) is 0 Å². The highest BCUT2D eigenvalue weighted by atomic mass is 16.2. The summed E-state index contributed by atoms with van der Waals surface area (Å²) < 4.78 is 0. The molecule has 1 saturated heterocycles. The third-order valence-electron chi connectivity index (χ3n) is 3.88. The fourth-order valence-corrected chi connectivity index (χ4v) is 2.36. The quantitative estimate of drug-likeness (QED) is 0.680.